The van der Waals surface area contributed by atoms with Crippen molar-refractivity contribution < 1.29 is 9.66 Å². The highest BCUT2D eigenvalue weighted by molar-refractivity contribution is 5.43. The number of likely N-dealkylation sites (tertiary alicyclic amines) is 1. The third kappa shape index (κ3) is 4.03. The molecule has 0 saturated carbocycles. The second-order valence-electron chi connectivity index (χ2n) is 6.45. The van der Waals surface area contributed by atoms with Gasteiger partial charge < -0.3 is 10.1 Å². The molecule has 1 aromatic carbocycles. The Kier molecular flexibility index (Phi) is 5.65. The SMILES string of the molecule is CCOc1ccc([N+](=O)[O-])cc1CN1CCC(N2CCNCC2)C1. The van der Waals surface area contributed by atoms with Gasteiger partial charge in [-0.1, -0.05) is 0 Å². The molecule has 132 valence electrons. The fourth-order valence-corrected chi connectivity index (χ4v) is 3.64. The van der Waals surface area contributed by atoms with E-state index in [1.807, 2.05) is 6.92 Å². The predicted molar refractivity (Wildman–Crippen MR) is 92.4 cm³/mol. The van der Waals surface area contributed by atoms with Crippen molar-refractivity contribution in [1.82, 2.24) is 15.1 Å². The molecule has 0 bridgehead atoms. The Hall–Kier alpha value is -1.70. The van der Waals surface area contributed by atoms with Crippen LogP contribution in [0.15, 0.2) is 18.2 Å². The average molecular weight is 334 g/mol. The lowest BCUT2D eigenvalue weighted by Crippen LogP contribution is -2.49. The van der Waals surface area contributed by atoms with Gasteiger partial charge in [0.2, 0.25) is 0 Å². The zero-order valence-electron chi connectivity index (χ0n) is 14.2. The third-order valence-electron chi connectivity index (χ3n) is 4.86. The van der Waals surface area contributed by atoms with Crippen molar-refractivity contribution in [3.05, 3.63) is 33.9 Å². The van der Waals surface area contributed by atoms with Gasteiger partial charge in [-0.15, -0.1) is 0 Å². The van der Waals surface area contributed by atoms with Crippen molar-refractivity contribution in [2.24, 2.45) is 0 Å². The van der Waals surface area contributed by atoms with Crippen LogP contribution in [-0.4, -0.2) is 66.6 Å². The summed E-state index contributed by atoms with van der Waals surface area (Å²) in [5.74, 6) is 0.758. The second kappa shape index (κ2) is 7.92. The van der Waals surface area contributed by atoms with Crippen molar-refractivity contribution >= 4 is 5.69 Å². The molecule has 2 aliphatic heterocycles. The zero-order chi connectivity index (χ0) is 16.9. The molecular formula is C17H26N4O3. The van der Waals surface area contributed by atoms with Gasteiger partial charge in [0.1, 0.15) is 5.75 Å². The highest BCUT2D eigenvalue weighted by Crippen LogP contribution is 2.27. The molecule has 24 heavy (non-hydrogen) atoms. The first kappa shape index (κ1) is 17.1. The van der Waals surface area contributed by atoms with Gasteiger partial charge >= 0.3 is 0 Å². The number of nitrogens with zero attached hydrogens (tertiary/aromatic N) is 3. The number of piperazine rings is 1. The number of rotatable bonds is 6. The van der Waals surface area contributed by atoms with Gasteiger partial charge in [0.05, 0.1) is 11.5 Å². The minimum Gasteiger partial charge on any atom is -0.494 e. The van der Waals surface area contributed by atoms with Crippen LogP contribution in [0.5, 0.6) is 5.75 Å². The number of nitro groups is 1. The van der Waals surface area contributed by atoms with Crippen LogP contribution in [0.1, 0.15) is 18.9 Å². The Morgan fingerprint density at radius 1 is 1.33 bits per heavy atom. The first-order valence-corrected chi connectivity index (χ1v) is 8.74. The van der Waals surface area contributed by atoms with E-state index in [9.17, 15) is 10.1 Å². The standard InChI is InChI=1S/C17H26N4O3/c1-2-24-17-4-3-15(21(22)23)11-14(17)12-19-8-5-16(13-19)20-9-6-18-7-10-20/h3-4,11,16,18H,2,5-10,12-13H2,1H3. The largest absolute Gasteiger partial charge is 0.494 e. The quantitative estimate of drug-likeness (QED) is 0.627. The lowest BCUT2D eigenvalue weighted by molar-refractivity contribution is -0.385. The van der Waals surface area contributed by atoms with E-state index < -0.39 is 0 Å². The zero-order valence-corrected chi connectivity index (χ0v) is 14.2. The predicted octanol–water partition coefficient (Wildman–Crippen LogP) is 1.47. The van der Waals surface area contributed by atoms with Crippen LogP contribution >= 0.6 is 0 Å². The monoisotopic (exact) mass is 334 g/mol. The van der Waals surface area contributed by atoms with Crippen molar-refractivity contribution in [3.8, 4) is 5.75 Å². The summed E-state index contributed by atoms with van der Waals surface area (Å²) in [7, 11) is 0. The summed E-state index contributed by atoms with van der Waals surface area (Å²) in [6, 6.07) is 5.49. The molecule has 2 fully saturated rings. The Bertz CT molecular complexity index is 575. The number of hydrogen-bond acceptors (Lipinski definition) is 6. The van der Waals surface area contributed by atoms with Crippen LogP contribution in [-0.2, 0) is 6.54 Å². The van der Waals surface area contributed by atoms with Gasteiger partial charge in [-0.05, 0) is 19.4 Å². The summed E-state index contributed by atoms with van der Waals surface area (Å²) in [6.45, 7) is 9.61. The molecule has 1 atom stereocenters. The highest BCUT2D eigenvalue weighted by Gasteiger charge is 2.29. The maximum atomic E-state index is 11.1. The molecule has 2 aliphatic rings. The van der Waals surface area contributed by atoms with Gasteiger partial charge in [0.15, 0.2) is 0 Å². The van der Waals surface area contributed by atoms with Crippen molar-refractivity contribution in [2.75, 3.05) is 45.9 Å². The maximum absolute atomic E-state index is 11.1. The van der Waals surface area contributed by atoms with E-state index in [2.05, 4.69) is 15.1 Å². The first-order valence-electron chi connectivity index (χ1n) is 8.74. The third-order valence-corrected chi connectivity index (χ3v) is 4.86. The van der Waals surface area contributed by atoms with Crippen LogP contribution in [0.2, 0.25) is 0 Å². The van der Waals surface area contributed by atoms with Gasteiger partial charge in [0.25, 0.3) is 5.69 Å². The number of non-ortho nitro benzene ring substituents is 1. The molecule has 1 N–H and O–H groups in total. The Labute approximate surface area is 142 Å². The lowest BCUT2D eigenvalue weighted by Gasteiger charge is -2.32. The van der Waals surface area contributed by atoms with E-state index in [4.69, 9.17) is 4.74 Å². The van der Waals surface area contributed by atoms with E-state index in [0.717, 1.165) is 50.6 Å². The number of benzene rings is 1. The second-order valence-corrected chi connectivity index (χ2v) is 6.45. The molecule has 0 radical (unpaired) electrons. The molecule has 0 aromatic heterocycles. The van der Waals surface area contributed by atoms with Crippen molar-refractivity contribution in [3.63, 3.8) is 0 Å². The molecule has 7 nitrogen and oxygen atoms in total. The Morgan fingerprint density at radius 3 is 2.83 bits per heavy atom. The molecule has 0 aliphatic carbocycles. The van der Waals surface area contributed by atoms with E-state index >= 15 is 0 Å². The molecule has 0 spiro atoms. The number of ether oxygens (including phenoxy) is 1. The topological polar surface area (TPSA) is 70.9 Å². The fraction of sp³-hybridized carbons (Fsp3) is 0.647. The minimum atomic E-state index is -0.341. The van der Waals surface area contributed by atoms with Gasteiger partial charge in [0, 0.05) is 69.6 Å². The van der Waals surface area contributed by atoms with Crippen LogP contribution in [0, 0.1) is 10.1 Å². The summed E-state index contributed by atoms with van der Waals surface area (Å²) < 4.78 is 5.66. The molecule has 7 heteroatoms. The van der Waals surface area contributed by atoms with Crippen molar-refractivity contribution in [1.29, 1.82) is 0 Å². The van der Waals surface area contributed by atoms with Gasteiger partial charge in [-0.25, -0.2) is 0 Å². The molecule has 2 heterocycles. The Balaban J connectivity index is 1.66. The fourth-order valence-electron chi connectivity index (χ4n) is 3.64. The van der Waals surface area contributed by atoms with Crippen molar-refractivity contribution in [2.45, 2.75) is 25.9 Å². The van der Waals surface area contributed by atoms with Gasteiger partial charge in [-0.3, -0.25) is 19.9 Å². The van der Waals surface area contributed by atoms with E-state index in [0.29, 0.717) is 19.2 Å². The summed E-state index contributed by atoms with van der Waals surface area (Å²) in [5.41, 5.74) is 1.04. The van der Waals surface area contributed by atoms with Gasteiger partial charge in [-0.2, -0.15) is 0 Å². The molecule has 2 saturated heterocycles. The van der Waals surface area contributed by atoms with Crippen LogP contribution < -0.4 is 10.1 Å². The van der Waals surface area contributed by atoms with Crippen LogP contribution in [0.25, 0.3) is 0 Å². The summed E-state index contributed by atoms with van der Waals surface area (Å²) in [6.07, 6.45) is 1.17. The molecule has 1 unspecified atom stereocenters. The number of hydrogen-bond donors (Lipinski definition) is 1. The van der Waals surface area contributed by atoms with E-state index in [1.165, 1.54) is 12.5 Å². The highest BCUT2D eigenvalue weighted by atomic mass is 16.6. The van der Waals surface area contributed by atoms with Crippen LogP contribution in [0.3, 0.4) is 0 Å². The summed E-state index contributed by atoms with van der Waals surface area (Å²) in [5, 5.41) is 14.4. The summed E-state index contributed by atoms with van der Waals surface area (Å²) in [4.78, 5) is 15.7. The molecule has 3 rings (SSSR count). The normalized spacial score (nSPS) is 22.6. The molecular weight excluding hydrogens is 308 g/mol. The molecule has 1 aromatic rings. The minimum absolute atomic E-state index is 0.131. The van der Waals surface area contributed by atoms with E-state index in [-0.39, 0.29) is 10.6 Å². The number of nitro benzene ring substituents is 1. The lowest BCUT2D eigenvalue weighted by atomic mass is 10.1. The summed E-state index contributed by atoms with van der Waals surface area (Å²) >= 11 is 0. The number of nitrogens with one attached hydrogen (secondary N) is 1. The van der Waals surface area contributed by atoms with E-state index in [1.54, 1.807) is 12.1 Å². The Morgan fingerprint density at radius 2 is 2.12 bits per heavy atom. The maximum Gasteiger partial charge on any atom is 0.270 e. The van der Waals surface area contributed by atoms with Crippen LogP contribution in [0.4, 0.5) is 5.69 Å². The first-order chi connectivity index (χ1) is 11.7. The molecule has 0 amide bonds. The average Bonchev–Trinajstić information content (AvgIpc) is 3.06. The smallest absolute Gasteiger partial charge is 0.270 e.